The molecule has 7 nitrogen and oxygen atoms in total. The first-order valence-electron chi connectivity index (χ1n) is 7.15. The summed E-state index contributed by atoms with van der Waals surface area (Å²) in [6.45, 7) is 0. The molecule has 0 radical (unpaired) electrons. The zero-order chi connectivity index (χ0) is 16.5. The number of para-hydroxylation sites is 1. The highest BCUT2D eigenvalue weighted by atomic mass is 32.2. The fourth-order valence-corrected chi connectivity index (χ4v) is 3.05. The minimum Gasteiger partial charge on any atom is -0.463 e. The quantitative estimate of drug-likeness (QED) is 0.450. The summed E-state index contributed by atoms with van der Waals surface area (Å²) in [5.74, 6) is 0.812. The Morgan fingerprint density at radius 1 is 1.25 bits per heavy atom. The van der Waals surface area contributed by atoms with Crippen LogP contribution >= 0.6 is 11.8 Å². The van der Waals surface area contributed by atoms with Crippen molar-refractivity contribution in [2.75, 3.05) is 7.11 Å². The highest BCUT2D eigenvalue weighted by Gasteiger charge is 2.13. The van der Waals surface area contributed by atoms with Crippen molar-refractivity contribution >= 4 is 39.8 Å². The number of methoxy groups -OCH3 is 1. The van der Waals surface area contributed by atoms with Crippen LogP contribution in [0.5, 0.6) is 0 Å². The smallest absolute Gasteiger partial charge is 0.373 e. The molecule has 0 atom stereocenters. The minimum absolute atomic E-state index is 0.179. The van der Waals surface area contributed by atoms with Gasteiger partial charge in [0.15, 0.2) is 5.65 Å². The van der Waals surface area contributed by atoms with Gasteiger partial charge in [-0.15, -0.1) is 10.2 Å². The Kier molecular flexibility index (Phi) is 3.66. The van der Waals surface area contributed by atoms with E-state index in [0.29, 0.717) is 22.3 Å². The zero-order valence-electron chi connectivity index (χ0n) is 12.6. The number of nitrogens with zero attached hydrogens (tertiary/aromatic N) is 3. The Hall–Kier alpha value is -2.87. The summed E-state index contributed by atoms with van der Waals surface area (Å²) < 4.78 is 10.0. The lowest BCUT2D eigenvalue weighted by Gasteiger charge is -1.97. The summed E-state index contributed by atoms with van der Waals surface area (Å²) >= 11 is 1.38. The molecule has 4 rings (SSSR count). The normalized spacial score (nSPS) is 11.2. The van der Waals surface area contributed by atoms with Crippen LogP contribution in [0, 0.1) is 0 Å². The second kappa shape index (κ2) is 5.97. The molecule has 1 N–H and O–H groups in total. The van der Waals surface area contributed by atoms with Gasteiger partial charge in [0, 0.05) is 10.9 Å². The van der Waals surface area contributed by atoms with Crippen molar-refractivity contribution in [2.24, 2.45) is 0 Å². The Balaban J connectivity index is 1.55. The number of ether oxygens (including phenoxy) is 1. The number of esters is 1. The van der Waals surface area contributed by atoms with Gasteiger partial charge in [-0.05, 0) is 18.2 Å². The van der Waals surface area contributed by atoms with Crippen molar-refractivity contribution in [2.45, 2.75) is 10.9 Å². The third-order valence-corrected chi connectivity index (χ3v) is 4.35. The number of aromatic amines is 1. The molecule has 0 saturated heterocycles. The molecule has 0 bridgehead atoms. The molecule has 0 aliphatic carbocycles. The van der Waals surface area contributed by atoms with Gasteiger partial charge in [0.1, 0.15) is 11.3 Å². The van der Waals surface area contributed by atoms with Crippen molar-refractivity contribution < 1.29 is 13.9 Å². The number of carbonyl (C=O) groups is 1. The van der Waals surface area contributed by atoms with E-state index in [4.69, 9.17) is 4.42 Å². The van der Waals surface area contributed by atoms with E-state index in [1.165, 1.54) is 18.9 Å². The molecule has 0 aliphatic rings. The third kappa shape index (κ3) is 2.61. The number of fused-ring (bicyclic) bond motifs is 3. The molecule has 0 saturated carbocycles. The van der Waals surface area contributed by atoms with E-state index in [2.05, 4.69) is 24.9 Å². The molecule has 4 aromatic rings. The SMILES string of the molecule is COC(=O)c1ccc(CSc2nnc3c(n2)[nH]c2ccccc23)o1. The second-order valence-electron chi connectivity index (χ2n) is 5.01. The van der Waals surface area contributed by atoms with E-state index in [9.17, 15) is 4.79 Å². The van der Waals surface area contributed by atoms with Crippen molar-refractivity contribution in [3.63, 3.8) is 0 Å². The predicted octanol–water partition coefficient (Wildman–Crippen LogP) is 3.18. The van der Waals surface area contributed by atoms with Crippen LogP contribution in [0.1, 0.15) is 16.3 Å². The molecular weight excluding hydrogens is 328 g/mol. The highest BCUT2D eigenvalue weighted by molar-refractivity contribution is 7.98. The van der Waals surface area contributed by atoms with E-state index < -0.39 is 5.97 Å². The third-order valence-electron chi connectivity index (χ3n) is 3.49. The molecule has 0 amide bonds. The minimum atomic E-state index is -0.497. The summed E-state index contributed by atoms with van der Waals surface area (Å²) in [6.07, 6.45) is 0. The van der Waals surface area contributed by atoms with Gasteiger partial charge in [-0.3, -0.25) is 0 Å². The Morgan fingerprint density at radius 3 is 3.00 bits per heavy atom. The molecule has 0 fully saturated rings. The molecule has 1 aromatic carbocycles. The Morgan fingerprint density at radius 2 is 2.12 bits per heavy atom. The molecule has 8 heteroatoms. The van der Waals surface area contributed by atoms with Crippen molar-refractivity contribution in [1.29, 1.82) is 0 Å². The zero-order valence-corrected chi connectivity index (χ0v) is 13.5. The lowest BCUT2D eigenvalue weighted by atomic mass is 10.2. The molecule has 120 valence electrons. The molecule has 0 aliphatic heterocycles. The second-order valence-corrected chi connectivity index (χ2v) is 5.95. The van der Waals surface area contributed by atoms with E-state index in [0.717, 1.165) is 16.4 Å². The van der Waals surface area contributed by atoms with Gasteiger partial charge in [-0.1, -0.05) is 30.0 Å². The topological polar surface area (TPSA) is 93.9 Å². The summed E-state index contributed by atoms with van der Waals surface area (Å²) in [5, 5.41) is 9.94. The molecule has 0 spiro atoms. The van der Waals surface area contributed by atoms with E-state index in [-0.39, 0.29) is 5.76 Å². The van der Waals surface area contributed by atoms with Crippen LogP contribution in [0.2, 0.25) is 0 Å². The van der Waals surface area contributed by atoms with Crippen LogP contribution in [-0.4, -0.2) is 33.2 Å². The summed E-state index contributed by atoms with van der Waals surface area (Å²) in [6, 6.07) is 11.2. The average Bonchev–Trinajstić information content (AvgIpc) is 3.23. The maximum Gasteiger partial charge on any atom is 0.373 e. The van der Waals surface area contributed by atoms with Crippen molar-refractivity contribution in [3.05, 3.63) is 47.9 Å². The number of furan rings is 1. The number of H-pyrrole nitrogens is 1. The number of carbonyl (C=O) groups excluding carboxylic acids is 1. The van der Waals surface area contributed by atoms with Crippen molar-refractivity contribution in [1.82, 2.24) is 20.2 Å². The van der Waals surface area contributed by atoms with Gasteiger partial charge >= 0.3 is 5.97 Å². The van der Waals surface area contributed by atoms with Gasteiger partial charge < -0.3 is 14.1 Å². The standard InChI is InChI=1S/C16H12N4O3S/c1-22-15(21)12-7-6-9(23-12)8-24-16-18-14-13(19-20-16)10-4-2-3-5-11(10)17-14/h2-7H,8H2,1H3,(H,17,18,20). The summed E-state index contributed by atoms with van der Waals surface area (Å²) in [7, 11) is 1.31. The van der Waals surface area contributed by atoms with Gasteiger partial charge in [-0.2, -0.15) is 0 Å². The number of hydrogen-bond donors (Lipinski definition) is 1. The molecule has 0 unspecified atom stereocenters. The van der Waals surface area contributed by atoms with E-state index in [1.54, 1.807) is 12.1 Å². The highest BCUT2D eigenvalue weighted by Crippen LogP contribution is 2.25. The fraction of sp³-hybridized carbons (Fsp3) is 0.125. The predicted molar refractivity (Wildman–Crippen MR) is 88.8 cm³/mol. The van der Waals surface area contributed by atoms with Crippen LogP contribution < -0.4 is 0 Å². The molecule has 3 aromatic heterocycles. The average molecular weight is 340 g/mol. The summed E-state index contributed by atoms with van der Waals surface area (Å²) in [5.41, 5.74) is 2.43. The van der Waals surface area contributed by atoms with Gasteiger partial charge in [0.2, 0.25) is 10.9 Å². The van der Waals surface area contributed by atoms with E-state index >= 15 is 0 Å². The molecule has 3 heterocycles. The summed E-state index contributed by atoms with van der Waals surface area (Å²) in [4.78, 5) is 19.1. The van der Waals surface area contributed by atoms with Crippen LogP contribution in [0.4, 0.5) is 0 Å². The Bertz CT molecular complexity index is 1040. The van der Waals surface area contributed by atoms with Crippen molar-refractivity contribution in [3.8, 4) is 0 Å². The van der Waals surface area contributed by atoms with Crippen LogP contribution in [0.3, 0.4) is 0 Å². The number of thioether (sulfide) groups is 1. The van der Waals surface area contributed by atoms with Crippen LogP contribution in [-0.2, 0) is 10.5 Å². The first-order chi connectivity index (χ1) is 11.7. The van der Waals surface area contributed by atoms with Gasteiger partial charge in [-0.25, -0.2) is 9.78 Å². The fourth-order valence-electron chi connectivity index (χ4n) is 2.37. The number of aromatic nitrogens is 4. The van der Waals surface area contributed by atoms with Gasteiger partial charge in [0.05, 0.1) is 12.9 Å². The largest absolute Gasteiger partial charge is 0.463 e. The molecule has 24 heavy (non-hydrogen) atoms. The number of rotatable bonds is 4. The van der Waals surface area contributed by atoms with Crippen LogP contribution in [0.25, 0.3) is 22.1 Å². The first kappa shape index (κ1) is 14.7. The van der Waals surface area contributed by atoms with E-state index in [1.807, 2.05) is 24.3 Å². The lowest BCUT2D eigenvalue weighted by molar-refractivity contribution is 0.0563. The lowest BCUT2D eigenvalue weighted by Crippen LogP contribution is -1.98. The first-order valence-corrected chi connectivity index (χ1v) is 8.14. The number of hydrogen-bond acceptors (Lipinski definition) is 7. The maximum atomic E-state index is 11.4. The number of benzene rings is 1. The maximum absolute atomic E-state index is 11.4. The molecular formula is C16H12N4O3S. The van der Waals surface area contributed by atoms with Gasteiger partial charge in [0.25, 0.3) is 0 Å². The number of nitrogens with one attached hydrogen (secondary N) is 1. The monoisotopic (exact) mass is 340 g/mol. The Labute approximate surface area is 140 Å². The van der Waals surface area contributed by atoms with Crippen LogP contribution in [0.15, 0.2) is 46.0 Å².